The second-order valence-electron chi connectivity index (χ2n) is 10.1. The van der Waals surface area contributed by atoms with Crippen LogP contribution >= 0.6 is 0 Å². The van der Waals surface area contributed by atoms with Gasteiger partial charge in [0.25, 0.3) is 0 Å². The first-order valence-electron chi connectivity index (χ1n) is 12.6. The molecule has 0 amide bonds. The molecule has 4 rings (SSSR count). The summed E-state index contributed by atoms with van der Waals surface area (Å²) < 4.78 is 17.1. The standard InChI is InChI=1S/C30H35NO5/c1-17(2)35-26-10-8-7-9-23(26)28-27(30(33)36-18(3)4)19(5)31-24-15-21(16-25(32)29(24)28)20-11-13-22(34-6)14-12-20/h7-14,17-18,21,27-28H,15-16H2,1-6H3/t21-,27?,28-/m1/s1. The maximum absolute atomic E-state index is 13.8. The molecular formula is C30H35NO5. The zero-order valence-electron chi connectivity index (χ0n) is 21.9. The molecule has 1 aliphatic carbocycles. The number of methoxy groups -OCH3 is 1. The van der Waals surface area contributed by atoms with E-state index >= 15 is 0 Å². The lowest BCUT2D eigenvalue weighted by Crippen LogP contribution is -2.39. The van der Waals surface area contributed by atoms with Crippen LogP contribution in [0.3, 0.4) is 0 Å². The van der Waals surface area contributed by atoms with Crippen molar-refractivity contribution in [2.45, 2.75) is 71.5 Å². The number of allylic oxidation sites excluding steroid dienone is 2. The Morgan fingerprint density at radius 3 is 2.31 bits per heavy atom. The highest BCUT2D eigenvalue weighted by molar-refractivity contribution is 6.09. The van der Waals surface area contributed by atoms with Gasteiger partial charge in [0.1, 0.15) is 17.4 Å². The van der Waals surface area contributed by atoms with Gasteiger partial charge in [0.15, 0.2) is 5.78 Å². The average molecular weight is 490 g/mol. The second kappa shape index (κ2) is 10.7. The van der Waals surface area contributed by atoms with Gasteiger partial charge in [-0.3, -0.25) is 14.6 Å². The highest BCUT2D eigenvalue weighted by Gasteiger charge is 2.46. The zero-order chi connectivity index (χ0) is 26.0. The molecule has 0 bridgehead atoms. The Morgan fingerprint density at radius 1 is 0.972 bits per heavy atom. The molecule has 0 saturated carbocycles. The Kier molecular flexibility index (Phi) is 7.62. The van der Waals surface area contributed by atoms with E-state index in [9.17, 15) is 9.59 Å². The molecule has 3 atom stereocenters. The van der Waals surface area contributed by atoms with Crippen LogP contribution in [0.5, 0.6) is 11.5 Å². The van der Waals surface area contributed by atoms with Crippen molar-refractivity contribution in [3.05, 3.63) is 70.9 Å². The molecule has 6 nitrogen and oxygen atoms in total. The first kappa shape index (κ1) is 25.7. The van der Waals surface area contributed by atoms with Crippen LogP contribution in [-0.4, -0.2) is 36.8 Å². The summed E-state index contributed by atoms with van der Waals surface area (Å²) in [5.41, 5.74) is 3.91. The minimum absolute atomic E-state index is 0.0139. The van der Waals surface area contributed by atoms with Crippen LogP contribution in [0.15, 0.2) is 64.8 Å². The smallest absolute Gasteiger partial charge is 0.315 e. The van der Waals surface area contributed by atoms with Crippen LogP contribution in [0, 0.1) is 5.92 Å². The molecule has 1 heterocycles. The number of rotatable bonds is 7. The van der Waals surface area contributed by atoms with E-state index in [0.29, 0.717) is 29.9 Å². The molecular weight excluding hydrogens is 454 g/mol. The molecule has 190 valence electrons. The summed E-state index contributed by atoms with van der Waals surface area (Å²) in [4.78, 5) is 32.0. The van der Waals surface area contributed by atoms with Crippen molar-refractivity contribution < 1.29 is 23.8 Å². The summed E-state index contributed by atoms with van der Waals surface area (Å²) in [5.74, 6) is -0.0902. The molecule has 0 aromatic heterocycles. The Hall–Kier alpha value is -3.41. The van der Waals surface area contributed by atoms with Crippen molar-refractivity contribution in [2.24, 2.45) is 10.9 Å². The third-order valence-corrected chi connectivity index (χ3v) is 6.70. The summed E-state index contributed by atoms with van der Waals surface area (Å²) in [6.07, 6.45) is 0.654. The molecule has 0 fully saturated rings. The molecule has 2 aromatic carbocycles. The molecule has 0 saturated heterocycles. The number of nitrogens with zero attached hydrogens (tertiary/aromatic N) is 1. The molecule has 0 spiro atoms. The van der Waals surface area contributed by atoms with Crippen molar-refractivity contribution in [2.75, 3.05) is 7.11 Å². The fourth-order valence-electron chi connectivity index (χ4n) is 5.22. The third kappa shape index (κ3) is 5.23. The average Bonchev–Trinajstić information content (AvgIpc) is 2.82. The highest BCUT2D eigenvalue weighted by Crippen LogP contribution is 2.48. The Bertz CT molecular complexity index is 1190. The predicted molar refractivity (Wildman–Crippen MR) is 140 cm³/mol. The minimum atomic E-state index is -0.690. The number of aliphatic imine (C=N–C) groups is 1. The van der Waals surface area contributed by atoms with E-state index in [1.54, 1.807) is 7.11 Å². The third-order valence-electron chi connectivity index (χ3n) is 6.70. The normalized spacial score (nSPS) is 21.8. The number of carbonyl (C=O) groups is 2. The summed E-state index contributed by atoms with van der Waals surface area (Å²) in [6, 6.07) is 15.5. The van der Waals surface area contributed by atoms with E-state index in [0.717, 1.165) is 22.6 Å². The van der Waals surface area contributed by atoms with Crippen molar-refractivity contribution in [1.82, 2.24) is 0 Å². The summed E-state index contributed by atoms with van der Waals surface area (Å²) >= 11 is 0. The number of para-hydroxylation sites is 1. The van der Waals surface area contributed by atoms with E-state index < -0.39 is 11.8 Å². The van der Waals surface area contributed by atoms with Gasteiger partial charge in [0.05, 0.1) is 19.3 Å². The summed E-state index contributed by atoms with van der Waals surface area (Å²) in [5, 5.41) is 0. The van der Waals surface area contributed by atoms with Gasteiger partial charge in [-0.05, 0) is 70.7 Å². The van der Waals surface area contributed by atoms with Crippen LogP contribution in [0.1, 0.15) is 70.4 Å². The van der Waals surface area contributed by atoms with Crippen LogP contribution in [0.2, 0.25) is 0 Å². The molecule has 6 heteroatoms. The predicted octanol–water partition coefficient (Wildman–Crippen LogP) is 6.01. The fourth-order valence-corrected chi connectivity index (χ4v) is 5.22. The first-order valence-corrected chi connectivity index (χ1v) is 12.6. The van der Waals surface area contributed by atoms with E-state index in [-0.39, 0.29) is 29.9 Å². The van der Waals surface area contributed by atoms with E-state index in [4.69, 9.17) is 19.2 Å². The fraction of sp³-hybridized carbons (Fsp3) is 0.433. The molecule has 2 aromatic rings. The lowest BCUT2D eigenvalue weighted by molar-refractivity contribution is -0.150. The molecule has 0 N–H and O–H groups in total. The van der Waals surface area contributed by atoms with Crippen LogP contribution < -0.4 is 9.47 Å². The van der Waals surface area contributed by atoms with Gasteiger partial charge in [-0.2, -0.15) is 0 Å². The SMILES string of the molecule is COc1ccc([C@H]2CC(=O)C3=C(C2)N=C(C)C(C(=O)OC(C)C)[C@H]3c2ccccc2OC(C)C)cc1. The van der Waals surface area contributed by atoms with Gasteiger partial charge in [0.2, 0.25) is 0 Å². The van der Waals surface area contributed by atoms with Gasteiger partial charge in [-0.25, -0.2) is 0 Å². The maximum Gasteiger partial charge on any atom is 0.315 e. The lowest BCUT2D eigenvalue weighted by Gasteiger charge is -2.37. The van der Waals surface area contributed by atoms with Crippen LogP contribution in [0.25, 0.3) is 0 Å². The van der Waals surface area contributed by atoms with Crippen LogP contribution in [0.4, 0.5) is 0 Å². The van der Waals surface area contributed by atoms with Gasteiger partial charge in [-0.15, -0.1) is 0 Å². The van der Waals surface area contributed by atoms with E-state index in [1.807, 2.05) is 83.1 Å². The zero-order valence-corrected chi connectivity index (χ0v) is 21.9. The molecule has 1 unspecified atom stereocenters. The van der Waals surface area contributed by atoms with Gasteiger partial charge >= 0.3 is 5.97 Å². The highest BCUT2D eigenvalue weighted by atomic mass is 16.5. The summed E-state index contributed by atoms with van der Waals surface area (Å²) in [7, 11) is 1.64. The Labute approximate surface area is 213 Å². The summed E-state index contributed by atoms with van der Waals surface area (Å²) in [6.45, 7) is 9.44. The van der Waals surface area contributed by atoms with Crippen LogP contribution in [-0.2, 0) is 14.3 Å². The minimum Gasteiger partial charge on any atom is -0.497 e. The Morgan fingerprint density at radius 2 is 1.67 bits per heavy atom. The first-order chi connectivity index (χ1) is 17.2. The van der Waals surface area contributed by atoms with Gasteiger partial charge in [-0.1, -0.05) is 30.3 Å². The molecule has 2 aliphatic rings. The monoisotopic (exact) mass is 489 g/mol. The van der Waals surface area contributed by atoms with Crippen molar-refractivity contribution in [3.63, 3.8) is 0 Å². The molecule has 36 heavy (non-hydrogen) atoms. The number of hydrogen-bond donors (Lipinski definition) is 0. The Balaban J connectivity index is 1.81. The molecule has 1 aliphatic heterocycles. The lowest BCUT2D eigenvalue weighted by atomic mass is 9.69. The second-order valence-corrected chi connectivity index (χ2v) is 10.1. The number of esters is 1. The number of hydrogen-bond acceptors (Lipinski definition) is 6. The largest absolute Gasteiger partial charge is 0.497 e. The van der Waals surface area contributed by atoms with Crippen molar-refractivity contribution >= 4 is 17.5 Å². The number of benzene rings is 2. The van der Waals surface area contributed by atoms with E-state index in [1.165, 1.54) is 0 Å². The van der Waals surface area contributed by atoms with Crippen molar-refractivity contribution in [3.8, 4) is 11.5 Å². The quantitative estimate of drug-likeness (QED) is 0.445. The van der Waals surface area contributed by atoms with E-state index in [2.05, 4.69) is 0 Å². The van der Waals surface area contributed by atoms with Crippen molar-refractivity contribution in [1.29, 1.82) is 0 Å². The van der Waals surface area contributed by atoms with Gasteiger partial charge in [0, 0.05) is 34.9 Å². The number of Topliss-reactive ketones (excluding diaryl/α,β-unsaturated/α-hetero) is 1. The van der Waals surface area contributed by atoms with Gasteiger partial charge < -0.3 is 14.2 Å². The topological polar surface area (TPSA) is 74.2 Å². The number of carbonyl (C=O) groups excluding carboxylic acids is 2. The molecule has 0 radical (unpaired) electrons. The number of ketones is 1. The maximum atomic E-state index is 13.8. The number of ether oxygens (including phenoxy) is 3.